The Morgan fingerprint density at radius 3 is 2.58 bits per heavy atom. The summed E-state index contributed by atoms with van der Waals surface area (Å²) in [6.07, 6.45) is 4.37. The predicted molar refractivity (Wildman–Crippen MR) is 77.7 cm³/mol. The van der Waals surface area contributed by atoms with Gasteiger partial charge < -0.3 is 5.32 Å². The summed E-state index contributed by atoms with van der Waals surface area (Å²) in [4.78, 5) is 2.44. The van der Waals surface area contributed by atoms with Crippen LogP contribution >= 0.6 is 0 Å². The smallest absolute Gasteiger partial charge is 0.0991 e. The van der Waals surface area contributed by atoms with Crippen molar-refractivity contribution in [3.05, 3.63) is 48.0 Å². The van der Waals surface area contributed by atoms with Gasteiger partial charge in [0.2, 0.25) is 0 Å². The maximum absolute atomic E-state index is 8.75. The van der Waals surface area contributed by atoms with Gasteiger partial charge in [0.25, 0.3) is 0 Å². The summed E-state index contributed by atoms with van der Waals surface area (Å²) in [5, 5.41) is 12.4. The topological polar surface area (TPSA) is 39.1 Å². The van der Waals surface area contributed by atoms with Gasteiger partial charge in [-0.25, -0.2) is 0 Å². The van der Waals surface area contributed by atoms with E-state index in [9.17, 15) is 0 Å². The quantitative estimate of drug-likeness (QED) is 0.821. The molecule has 0 amide bonds. The summed E-state index contributed by atoms with van der Waals surface area (Å²) in [6.45, 7) is 7.97. The molecule has 0 spiro atoms. The van der Waals surface area contributed by atoms with Crippen molar-refractivity contribution in [1.82, 2.24) is 10.2 Å². The Hall–Kier alpha value is -1.63. The molecule has 100 valence electrons. The van der Waals surface area contributed by atoms with Crippen LogP contribution in [-0.2, 0) is 6.54 Å². The van der Waals surface area contributed by atoms with Gasteiger partial charge in [0.15, 0.2) is 0 Å². The summed E-state index contributed by atoms with van der Waals surface area (Å²) >= 11 is 0. The van der Waals surface area contributed by atoms with Gasteiger partial charge in [0, 0.05) is 19.1 Å². The first-order chi connectivity index (χ1) is 9.31. The number of piperidine rings is 1. The van der Waals surface area contributed by atoms with Crippen molar-refractivity contribution < 1.29 is 0 Å². The fraction of sp³-hybridized carbons (Fsp3) is 0.438. The molecule has 1 heterocycles. The van der Waals surface area contributed by atoms with E-state index in [4.69, 9.17) is 5.26 Å². The molecule has 0 aliphatic carbocycles. The number of likely N-dealkylation sites (tertiary alicyclic amines) is 1. The number of hydrogen-bond donors (Lipinski definition) is 1. The molecule has 2 rings (SSSR count). The van der Waals surface area contributed by atoms with Gasteiger partial charge >= 0.3 is 0 Å². The number of benzene rings is 1. The molecule has 1 saturated heterocycles. The van der Waals surface area contributed by atoms with Crippen molar-refractivity contribution in [3.63, 3.8) is 0 Å². The van der Waals surface area contributed by atoms with E-state index < -0.39 is 0 Å². The highest BCUT2D eigenvalue weighted by molar-refractivity contribution is 5.31. The van der Waals surface area contributed by atoms with Crippen LogP contribution in [0.4, 0.5) is 0 Å². The Morgan fingerprint density at radius 2 is 2.00 bits per heavy atom. The number of rotatable bonds is 5. The van der Waals surface area contributed by atoms with E-state index >= 15 is 0 Å². The minimum absolute atomic E-state index is 0.608. The molecule has 1 aromatic carbocycles. The van der Waals surface area contributed by atoms with Crippen LogP contribution in [0.15, 0.2) is 36.9 Å². The molecule has 0 unspecified atom stereocenters. The predicted octanol–water partition coefficient (Wildman–Crippen LogP) is 2.30. The van der Waals surface area contributed by atoms with Gasteiger partial charge in [-0.15, -0.1) is 6.58 Å². The first-order valence-corrected chi connectivity index (χ1v) is 6.87. The second kappa shape index (κ2) is 7.08. The average Bonchev–Trinajstić information content (AvgIpc) is 2.47. The Bertz CT molecular complexity index is 436. The molecule has 1 aromatic rings. The SMILES string of the molecule is C=CCN1CCC(NCc2ccc(C#N)cc2)CC1. The second-order valence-electron chi connectivity index (χ2n) is 5.05. The first-order valence-electron chi connectivity index (χ1n) is 6.87. The Morgan fingerprint density at radius 1 is 1.32 bits per heavy atom. The minimum Gasteiger partial charge on any atom is -0.310 e. The number of nitrogens with one attached hydrogen (secondary N) is 1. The molecule has 3 nitrogen and oxygen atoms in total. The molecule has 0 radical (unpaired) electrons. The number of nitrogens with zero attached hydrogens (tertiary/aromatic N) is 2. The standard InChI is InChI=1S/C16H21N3/c1-2-9-19-10-7-16(8-11-19)18-13-15-5-3-14(12-17)4-6-15/h2-6,16,18H,1,7-11,13H2. The molecule has 0 saturated carbocycles. The normalized spacial score (nSPS) is 17.0. The fourth-order valence-corrected chi connectivity index (χ4v) is 2.46. The van der Waals surface area contributed by atoms with Crippen molar-refractivity contribution in [2.75, 3.05) is 19.6 Å². The highest BCUT2D eigenvalue weighted by Crippen LogP contribution is 2.11. The van der Waals surface area contributed by atoms with Crippen LogP contribution in [0.5, 0.6) is 0 Å². The third-order valence-electron chi connectivity index (χ3n) is 3.65. The zero-order chi connectivity index (χ0) is 13.5. The van der Waals surface area contributed by atoms with E-state index in [0.717, 1.165) is 31.7 Å². The first kappa shape index (κ1) is 13.8. The van der Waals surface area contributed by atoms with Crippen LogP contribution in [0, 0.1) is 11.3 Å². The van der Waals surface area contributed by atoms with Crippen LogP contribution in [0.2, 0.25) is 0 Å². The lowest BCUT2D eigenvalue weighted by Gasteiger charge is -2.31. The molecule has 1 N–H and O–H groups in total. The van der Waals surface area contributed by atoms with Gasteiger partial charge in [-0.05, 0) is 43.6 Å². The molecule has 1 aliphatic heterocycles. The lowest BCUT2D eigenvalue weighted by Crippen LogP contribution is -2.42. The van der Waals surface area contributed by atoms with E-state index in [1.165, 1.54) is 18.4 Å². The summed E-state index contributed by atoms with van der Waals surface area (Å²) in [5.74, 6) is 0. The second-order valence-corrected chi connectivity index (χ2v) is 5.05. The highest BCUT2D eigenvalue weighted by atomic mass is 15.1. The van der Waals surface area contributed by atoms with E-state index in [0.29, 0.717) is 6.04 Å². The fourth-order valence-electron chi connectivity index (χ4n) is 2.46. The maximum Gasteiger partial charge on any atom is 0.0991 e. The zero-order valence-electron chi connectivity index (χ0n) is 11.3. The zero-order valence-corrected chi connectivity index (χ0v) is 11.3. The largest absolute Gasteiger partial charge is 0.310 e. The molecule has 1 aliphatic rings. The van der Waals surface area contributed by atoms with E-state index in [1.54, 1.807) is 0 Å². The van der Waals surface area contributed by atoms with Crippen LogP contribution < -0.4 is 5.32 Å². The third kappa shape index (κ3) is 4.20. The number of nitriles is 1. The van der Waals surface area contributed by atoms with Gasteiger partial charge in [-0.3, -0.25) is 4.90 Å². The molecule has 1 fully saturated rings. The third-order valence-corrected chi connectivity index (χ3v) is 3.65. The minimum atomic E-state index is 0.608. The molecule has 0 bridgehead atoms. The average molecular weight is 255 g/mol. The van der Waals surface area contributed by atoms with Crippen LogP contribution in [0.1, 0.15) is 24.0 Å². The Kier molecular flexibility index (Phi) is 5.14. The van der Waals surface area contributed by atoms with E-state index in [2.05, 4.69) is 22.9 Å². The molecule has 0 aromatic heterocycles. The van der Waals surface area contributed by atoms with Crippen molar-refractivity contribution in [1.29, 1.82) is 5.26 Å². The summed E-state index contributed by atoms with van der Waals surface area (Å²) in [5.41, 5.74) is 1.97. The van der Waals surface area contributed by atoms with Gasteiger partial charge in [-0.2, -0.15) is 5.26 Å². The molecular formula is C16H21N3. The highest BCUT2D eigenvalue weighted by Gasteiger charge is 2.17. The van der Waals surface area contributed by atoms with Crippen LogP contribution in [-0.4, -0.2) is 30.6 Å². The van der Waals surface area contributed by atoms with Gasteiger partial charge in [0.1, 0.15) is 0 Å². The van der Waals surface area contributed by atoms with E-state index in [-0.39, 0.29) is 0 Å². The van der Waals surface area contributed by atoms with Crippen molar-refractivity contribution in [2.24, 2.45) is 0 Å². The summed E-state index contributed by atoms with van der Waals surface area (Å²) in [6, 6.07) is 10.6. The maximum atomic E-state index is 8.75. The summed E-state index contributed by atoms with van der Waals surface area (Å²) < 4.78 is 0. The molecule has 0 atom stereocenters. The lowest BCUT2D eigenvalue weighted by atomic mass is 10.0. The van der Waals surface area contributed by atoms with Gasteiger partial charge in [0.05, 0.1) is 11.6 Å². The monoisotopic (exact) mass is 255 g/mol. The molecule has 19 heavy (non-hydrogen) atoms. The Balaban J connectivity index is 1.74. The van der Waals surface area contributed by atoms with Crippen molar-refractivity contribution in [3.8, 4) is 6.07 Å². The van der Waals surface area contributed by atoms with Crippen LogP contribution in [0.3, 0.4) is 0 Å². The lowest BCUT2D eigenvalue weighted by molar-refractivity contribution is 0.214. The molecule has 3 heteroatoms. The number of hydrogen-bond acceptors (Lipinski definition) is 3. The Labute approximate surface area is 115 Å². The summed E-state index contributed by atoms with van der Waals surface area (Å²) in [7, 11) is 0. The van der Waals surface area contributed by atoms with Crippen molar-refractivity contribution >= 4 is 0 Å². The van der Waals surface area contributed by atoms with Crippen LogP contribution in [0.25, 0.3) is 0 Å². The van der Waals surface area contributed by atoms with Crippen molar-refractivity contribution in [2.45, 2.75) is 25.4 Å². The van der Waals surface area contributed by atoms with E-state index in [1.807, 2.05) is 30.3 Å². The molecular weight excluding hydrogens is 234 g/mol. The van der Waals surface area contributed by atoms with Gasteiger partial charge in [-0.1, -0.05) is 18.2 Å².